The zero-order chi connectivity index (χ0) is 44.0. The highest BCUT2D eigenvalue weighted by molar-refractivity contribution is 7.18. The molecule has 2 saturated heterocycles. The Bertz CT molecular complexity index is 2150. The van der Waals surface area contributed by atoms with Crippen LogP contribution < -0.4 is 15.5 Å². The van der Waals surface area contributed by atoms with Crippen molar-refractivity contribution in [1.82, 2.24) is 45.4 Å². The van der Waals surface area contributed by atoms with E-state index in [4.69, 9.17) is 0 Å². The van der Waals surface area contributed by atoms with E-state index in [1.54, 1.807) is 57.3 Å². The summed E-state index contributed by atoms with van der Waals surface area (Å²) in [7, 11) is 2.56. The van der Waals surface area contributed by atoms with Crippen molar-refractivity contribution in [2.45, 2.75) is 58.9 Å². The van der Waals surface area contributed by atoms with Crippen LogP contribution in [0.5, 0.6) is 0 Å². The lowest BCUT2D eigenvalue weighted by Gasteiger charge is -2.23. The first-order valence-corrected chi connectivity index (χ1v) is 21.0. The van der Waals surface area contributed by atoms with Crippen LogP contribution in [-0.2, 0) is 23.9 Å². The second-order valence-electron chi connectivity index (χ2n) is 13.7. The minimum absolute atomic E-state index is 0.0344. The first-order chi connectivity index (χ1) is 29.7. The number of nitrogens with zero attached hydrogens (tertiary/aromatic N) is 5. The zero-order valence-corrected chi connectivity index (χ0v) is 36.1. The van der Waals surface area contributed by atoms with Crippen LogP contribution in [0.3, 0.4) is 0 Å². The highest BCUT2D eigenvalue weighted by Gasteiger charge is 2.29. The topological polar surface area (TPSA) is 211 Å². The number of ether oxygens (including phenoxy) is 2. The van der Waals surface area contributed by atoms with Crippen LogP contribution in [-0.4, -0.2) is 112 Å². The van der Waals surface area contributed by atoms with Gasteiger partial charge in [-0.15, -0.1) is 11.3 Å². The summed E-state index contributed by atoms with van der Waals surface area (Å²) in [4.78, 5) is 80.1. The SMILES string of the molecule is C/C=C(\C=C/N(C=O)c1csc2c(-c3cnc[nH]3)c[nH]c12)c1cnc[nH]1.CCC.COC(=O)NC(C(=O)N1CCCC1)c1ccccc1.COC(=O)NCC(=O)N1CCCC1. The molecule has 1 atom stereocenters. The maximum absolute atomic E-state index is 12.5. The van der Waals surface area contributed by atoms with Gasteiger partial charge in [-0.2, -0.15) is 0 Å². The van der Waals surface area contributed by atoms with Crippen LogP contribution in [0.4, 0.5) is 15.3 Å². The van der Waals surface area contributed by atoms with E-state index >= 15 is 0 Å². The largest absolute Gasteiger partial charge is 0.453 e. The number of rotatable bonds is 11. The molecular formula is C43H56N10O7S. The number of hydrogen-bond acceptors (Lipinski definition) is 10. The number of thiophene rings is 1. The summed E-state index contributed by atoms with van der Waals surface area (Å²) in [5.41, 5.74) is 6.31. The summed E-state index contributed by atoms with van der Waals surface area (Å²) in [6, 6.07) is 8.55. The van der Waals surface area contributed by atoms with E-state index in [1.807, 2.05) is 61.0 Å². The monoisotopic (exact) mass is 856 g/mol. The molecule has 2 fully saturated rings. The standard InChI is InChI=1S/C18H16N6OS.C14H18N2O3.C8H14N2O3.C3H8/c1-2-12(14-6-19-9-22-14)3-4-24(11-25)16-8-26-18-13(5-21-17(16)18)15-7-20-10-23-15;1-19-14(18)15-12(11-7-3-2-4-8-11)13(17)16-9-5-6-10-16;1-13-8(12)9-6-7(11)10-4-2-3-5-10;1-3-2/h2-11,21H,1H3,(H,19,22)(H,20,23);2-4,7-8,12H,5-6,9-10H2,1H3,(H,15,18);2-6H2,1H3,(H,9,12);3H2,1-2H3/b4-3-,12-2+;;;. The smallest absolute Gasteiger partial charge is 0.407 e. The molecule has 6 heterocycles. The summed E-state index contributed by atoms with van der Waals surface area (Å²) >= 11 is 1.58. The number of anilines is 1. The highest BCUT2D eigenvalue weighted by Crippen LogP contribution is 2.38. The van der Waals surface area contributed by atoms with Gasteiger partial charge in [0.25, 0.3) is 0 Å². The summed E-state index contributed by atoms with van der Waals surface area (Å²) in [5, 5.41) is 6.93. The molecule has 17 nitrogen and oxygen atoms in total. The lowest BCUT2D eigenvalue weighted by atomic mass is 10.1. The third-order valence-electron chi connectivity index (χ3n) is 9.37. The van der Waals surface area contributed by atoms with E-state index in [0.717, 1.165) is 102 Å². The molecule has 7 rings (SSSR count). The van der Waals surface area contributed by atoms with Crippen molar-refractivity contribution < 1.29 is 33.4 Å². The molecule has 5 N–H and O–H groups in total. The van der Waals surface area contributed by atoms with Crippen molar-refractivity contribution in [2.75, 3.05) is 51.8 Å². The van der Waals surface area contributed by atoms with E-state index in [1.165, 1.54) is 20.6 Å². The number of amides is 5. The number of aromatic nitrogens is 5. The first kappa shape index (κ1) is 47.0. The molecule has 326 valence electrons. The maximum Gasteiger partial charge on any atom is 0.407 e. The molecule has 1 aromatic carbocycles. The van der Waals surface area contributed by atoms with E-state index in [-0.39, 0.29) is 18.4 Å². The minimum Gasteiger partial charge on any atom is -0.453 e. The van der Waals surface area contributed by atoms with E-state index in [0.29, 0.717) is 0 Å². The van der Waals surface area contributed by atoms with Crippen molar-refractivity contribution >= 4 is 63.2 Å². The Morgan fingerprint density at radius 2 is 1.54 bits per heavy atom. The van der Waals surface area contributed by atoms with Crippen LogP contribution in [0.1, 0.15) is 70.2 Å². The summed E-state index contributed by atoms with van der Waals surface area (Å²) in [6.45, 7) is 9.35. The number of hydrogen-bond donors (Lipinski definition) is 5. The number of nitrogens with one attached hydrogen (secondary N) is 5. The van der Waals surface area contributed by atoms with Crippen LogP contribution in [0.15, 0.2) is 85.3 Å². The van der Waals surface area contributed by atoms with Gasteiger partial charge in [0.05, 0.1) is 66.6 Å². The fourth-order valence-electron chi connectivity index (χ4n) is 6.31. The number of fused-ring (bicyclic) bond motifs is 1. The van der Waals surface area contributed by atoms with Gasteiger partial charge in [-0.1, -0.05) is 56.7 Å². The van der Waals surface area contributed by atoms with Gasteiger partial charge in [0.1, 0.15) is 12.6 Å². The van der Waals surface area contributed by atoms with Crippen LogP contribution >= 0.6 is 11.3 Å². The van der Waals surface area contributed by atoms with Crippen molar-refractivity contribution in [2.24, 2.45) is 0 Å². The number of aromatic amines is 3. The van der Waals surface area contributed by atoms with E-state index in [2.05, 4.69) is 58.9 Å². The fraction of sp³-hybridized carbons (Fsp3) is 0.372. The van der Waals surface area contributed by atoms with Crippen molar-refractivity contribution in [1.29, 1.82) is 0 Å². The molecule has 0 spiro atoms. The third-order valence-corrected chi connectivity index (χ3v) is 10.4. The number of benzene rings is 1. The number of likely N-dealkylation sites (tertiary alicyclic amines) is 2. The van der Waals surface area contributed by atoms with Gasteiger partial charge in [0, 0.05) is 49.5 Å². The highest BCUT2D eigenvalue weighted by atomic mass is 32.1. The number of alkyl carbamates (subject to hydrolysis) is 2. The predicted octanol–water partition coefficient (Wildman–Crippen LogP) is 7.01. The molecule has 4 aromatic heterocycles. The average molecular weight is 857 g/mol. The molecule has 1 unspecified atom stereocenters. The summed E-state index contributed by atoms with van der Waals surface area (Å²) in [5.74, 6) is -0.114. The van der Waals surface area contributed by atoms with Gasteiger partial charge in [0.15, 0.2) is 0 Å². The van der Waals surface area contributed by atoms with E-state index in [9.17, 15) is 24.0 Å². The molecule has 2 aliphatic rings. The molecule has 61 heavy (non-hydrogen) atoms. The lowest BCUT2D eigenvalue weighted by Crippen LogP contribution is -2.41. The fourth-order valence-corrected chi connectivity index (χ4v) is 7.35. The van der Waals surface area contributed by atoms with Gasteiger partial charge in [0.2, 0.25) is 18.2 Å². The lowest BCUT2D eigenvalue weighted by molar-refractivity contribution is -0.132. The Labute approximate surface area is 359 Å². The Kier molecular flexibility index (Phi) is 19.3. The van der Waals surface area contributed by atoms with Gasteiger partial charge in [-0.25, -0.2) is 19.6 Å². The summed E-state index contributed by atoms with van der Waals surface area (Å²) < 4.78 is 10.0. The first-order valence-electron chi connectivity index (χ1n) is 20.1. The molecule has 5 aromatic rings. The normalized spacial score (nSPS) is 13.8. The number of imidazole rings is 2. The Morgan fingerprint density at radius 1 is 0.902 bits per heavy atom. The number of allylic oxidation sites excluding steroid dienone is 3. The van der Waals surface area contributed by atoms with Crippen molar-refractivity contribution in [3.63, 3.8) is 0 Å². The van der Waals surface area contributed by atoms with Crippen LogP contribution in [0, 0.1) is 0 Å². The van der Waals surface area contributed by atoms with E-state index < -0.39 is 18.2 Å². The van der Waals surface area contributed by atoms with Crippen LogP contribution in [0.2, 0.25) is 0 Å². The third kappa shape index (κ3) is 13.7. The summed E-state index contributed by atoms with van der Waals surface area (Å²) in [6.07, 6.45) is 19.4. The molecule has 0 aliphatic carbocycles. The Balaban J connectivity index is 0.000000206. The molecule has 0 saturated carbocycles. The quantitative estimate of drug-likeness (QED) is 0.0682. The van der Waals surface area contributed by atoms with Gasteiger partial charge >= 0.3 is 12.2 Å². The Hall–Kier alpha value is -6.69. The number of carbonyl (C=O) groups is 5. The Morgan fingerprint density at radius 3 is 2.11 bits per heavy atom. The zero-order valence-electron chi connectivity index (χ0n) is 35.3. The second kappa shape index (κ2) is 25.1. The number of H-pyrrole nitrogens is 3. The molecule has 2 aliphatic heterocycles. The van der Waals surface area contributed by atoms with Gasteiger partial charge < -0.3 is 44.9 Å². The van der Waals surface area contributed by atoms with Crippen molar-refractivity contribution in [3.05, 3.63) is 96.6 Å². The van der Waals surface area contributed by atoms with Crippen molar-refractivity contribution in [3.8, 4) is 11.3 Å². The predicted molar refractivity (Wildman–Crippen MR) is 236 cm³/mol. The molecule has 18 heteroatoms. The second-order valence-corrected chi connectivity index (χ2v) is 14.6. The number of methoxy groups -OCH3 is 2. The molecule has 5 amide bonds. The van der Waals surface area contributed by atoms with Gasteiger partial charge in [-0.05, 0) is 49.8 Å². The average Bonchev–Trinajstić information content (AvgIpc) is 4.14. The maximum atomic E-state index is 12.5. The number of carbonyl (C=O) groups excluding carboxylic acids is 5. The van der Waals surface area contributed by atoms with Gasteiger partial charge in [-0.3, -0.25) is 19.3 Å². The molecular weight excluding hydrogens is 801 g/mol. The minimum atomic E-state index is -0.674. The molecule has 0 bridgehead atoms. The molecule has 0 radical (unpaired) electrons. The van der Waals surface area contributed by atoms with Crippen LogP contribution in [0.25, 0.3) is 27.0 Å².